The minimum absolute atomic E-state index is 0. The number of likely N-dealkylation sites (tertiary alicyclic amines) is 1. The number of aliphatic hydroxyl groups excluding tert-OH is 1. The van der Waals surface area contributed by atoms with Crippen LogP contribution in [0, 0.1) is 11.8 Å². The number of methoxy groups -OCH3 is 2. The summed E-state index contributed by atoms with van der Waals surface area (Å²) in [5.41, 5.74) is 3.41. The fourth-order valence-corrected chi connectivity index (χ4v) is 8.71. The first-order valence-electron chi connectivity index (χ1n) is 23.4. The Balaban J connectivity index is 0.000000211. The maximum atomic E-state index is 13.2. The molecule has 0 radical (unpaired) electrons. The number of aliphatic hydroxyl groups is 1. The first-order chi connectivity index (χ1) is 34.5. The predicted molar refractivity (Wildman–Crippen MR) is 261 cm³/mol. The van der Waals surface area contributed by atoms with Crippen molar-refractivity contribution in [2.24, 2.45) is 11.8 Å². The highest BCUT2D eigenvalue weighted by molar-refractivity contribution is 7.85. The normalized spacial score (nSPS) is 14.9. The lowest BCUT2D eigenvalue weighted by Crippen LogP contribution is -2.50. The van der Waals surface area contributed by atoms with E-state index in [-0.39, 0.29) is 91.2 Å². The lowest BCUT2D eigenvalue weighted by molar-refractivity contribution is -0.0509. The third-order valence-electron chi connectivity index (χ3n) is 12.1. The fourth-order valence-electron chi connectivity index (χ4n) is 8.29. The molecule has 394 valence electrons. The van der Waals surface area contributed by atoms with Crippen molar-refractivity contribution in [3.63, 3.8) is 0 Å². The minimum atomic E-state index is -3.49. The lowest BCUT2D eigenvalue weighted by atomic mass is 10.00. The van der Waals surface area contributed by atoms with Crippen molar-refractivity contribution < 1.29 is 73.3 Å². The van der Waals surface area contributed by atoms with Gasteiger partial charge in [-0.1, -0.05) is 7.43 Å². The highest BCUT2D eigenvalue weighted by Crippen LogP contribution is 2.42. The molecule has 0 amide bonds. The number of ether oxygens (including phenoxy) is 6. The zero-order valence-electron chi connectivity index (χ0n) is 39.8. The zero-order chi connectivity index (χ0) is 51.1. The van der Waals surface area contributed by atoms with Gasteiger partial charge in [0, 0.05) is 74.6 Å². The van der Waals surface area contributed by atoms with Gasteiger partial charge in [0.25, 0.3) is 10.1 Å². The summed E-state index contributed by atoms with van der Waals surface area (Å²) in [4.78, 5) is 36.7. The number of Topliss-reactive ketones (excluding diaryl/α,β-unsaturated/α-hetero) is 2. The van der Waals surface area contributed by atoms with Gasteiger partial charge in [-0.05, 0) is 80.3 Å². The summed E-state index contributed by atoms with van der Waals surface area (Å²) in [5, 5.41) is 9.35. The number of halogens is 4. The number of β-amino-alcohol motifs (C(OH)–C–C–N with tert-alkyl or cyclic N) is 1. The molecule has 3 fully saturated rings. The molecule has 4 aromatic heterocycles. The van der Waals surface area contributed by atoms with E-state index in [1.807, 2.05) is 6.07 Å². The molecule has 17 nitrogen and oxygen atoms in total. The van der Waals surface area contributed by atoms with Gasteiger partial charge in [0.05, 0.1) is 70.2 Å². The van der Waals surface area contributed by atoms with Crippen molar-refractivity contribution >= 4 is 33.0 Å². The van der Waals surface area contributed by atoms with Crippen molar-refractivity contribution in [3.05, 3.63) is 84.4 Å². The molecule has 1 aliphatic heterocycles. The molecular formula is C51H59F4N5O12S. The van der Waals surface area contributed by atoms with E-state index in [1.54, 1.807) is 63.9 Å². The Morgan fingerprint density at radius 2 is 1.12 bits per heavy atom. The molecule has 0 bridgehead atoms. The van der Waals surface area contributed by atoms with E-state index in [1.165, 1.54) is 26.4 Å². The van der Waals surface area contributed by atoms with Crippen molar-refractivity contribution in [2.45, 2.75) is 78.1 Å². The summed E-state index contributed by atoms with van der Waals surface area (Å²) < 4.78 is 115. The van der Waals surface area contributed by atoms with Gasteiger partial charge in [-0.2, -0.15) is 26.0 Å². The summed E-state index contributed by atoms with van der Waals surface area (Å²) in [6, 6.07) is 13.1. The maximum Gasteiger partial charge on any atom is 0.387 e. The van der Waals surface area contributed by atoms with Crippen LogP contribution in [0.5, 0.6) is 34.5 Å². The monoisotopic (exact) mass is 1040 g/mol. The molecule has 6 aromatic rings. The van der Waals surface area contributed by atoms with E-state index in [2.05, 4.69) is 19.1 Å². The number of alkyl halides is 4. The number of nitrogens with zero attached hydrogens (tertiary/aromatic N) is 5. The van der Waals surface area contributed by atoms with Crippen LogP contribution in [0.4, 0.5) is 17.6 Å². The topological polar surface area (TPSA) is 191 Å². The standard InChI is InChI=1S/C26H29F2N3O5.C24H26F2N2O7S.CH4/c1-34-22-10-17(11-23(36-26(27)28)25(22)21(33)9-16-3-4-16)20-13-29-24-12-19(5-7-31(20)24)35-8-2-6-30-14-18(32)15-30;1-32-20-11-16(12-21(35-24(25)26)23(20)19(29)10-15-4-5-15)18-14-27-22-13-17(6-7-28(18)22)33-8-3-9-34-36(2,30)31;/h5,7,10-13,16,18,26,32H,2-4,6,8-9,14-15H2,1H3;6-7,11-15,24H,3-5,8-10H2,1-2H3;1H4. The second-order valence-corrected chi connectivity index (χ2v) is 19.5. The summed E-state index contributed by atoms with van der Waals surface area (Å²) in [7, 11) is -0.717. The molecule has 5 heterocycles. The van der Waals surface area contributed by atoms with Crippen LogP contribution in [0.1, 0.15) is 79.5 Å². The number of aromatic nitrogens is 4. The van der Waals surface area contributed by atoms with Crippen LogP contribution in [0.15, 0.2) is 73.3 Å². The third kappa shape index (κ3) is 14.4. The average Bonchev–Trinajstić information content (AvgIpc) is 4.24. The van der Waals surface area contributed by atoms with Crippen LogP contribution >= 0.6 is 0 Å². The van der Waals surface area contributed by atoms with E-state index >= 15 is 0 Å². The molecule has 9 rings (SSSR count). The van der Waals surface area contributed by atoms with E-state index in [4.69, 9.17) is 28.4 Å². The average molecular weight is 1040 g/mol. The van der Waals surface area contributed by atoms with E-state index in [0.717, 1.165) is 44.9 Å². The molecule has 2 saturated carbocycles. The number of fused-ring (bicyclic) bond motifs is 2. The van der Waals surface area contributed by atoms with Crippen molar-refractivity contribution in [1.29, 1.82) is 0 Å². The van der Waals surface area contributed by atoms with Gasteiger partial charge < -0.3 is 33.5 Å². The van der Waals surface area contributed by atoms with Crippen molar-refractivity contribution in [3.8, 4) is 57.0 Å². The summed E-state index contributed by atoms with van der Waals surface area (Å²) >= 11 is 0. The third-order valence-corrected chi connectivity index (χ3v) is 12.7. The smallest absolute Gasteiger partial charge is 0.387 e. The van der Waals surface area contributed by atoms with Gasteiger partial charge >= 0.3 is 13.2 Å². The maximum absolute atomic E-state index is 13.2. The van der Waals surface area contributed by atoms with Crippen LogP contribution in [0.2, 0.25) is 0 Å². The number of hydrogen-bond acceptors (Lipinski definition) is 15. The number of hydrogen-bond donors (Lipinski definition) is 1. The van der Waals surface area contributed by atoms with Crippen molar-refractivity contribution in [2.75, 3.05) is 59.9 Å². The Bertz CT molecular complexity index is 2990. The number of carbonyl (C=O) groups is 2. The largest absolute Gasteiger partial charge is 0.496 e. The Kier molecular flexibility index (Phi) is 17.9. The van der Waals surface area contributed by atoms with Gasteiger partial charge in [0.1, 0.15) is 56.9 Å². The van der Waals surface area contributed by atoms with E-state index in [0.29, 0.717) is 77.3 Å². The predicted octanol–water partition coefficient (Wildman–Crippen LogP) is 9.01. The van der Waals surface area contributed by atoms with Gasteiger partial charge in [-0.15, -0.1) is 0 Å². The quantitative estimate of drug-likeness (QED) is 0.0247. The Labute approximate surface area is 420 Å². The summed E-state index contributed by atoms with van der Waals surface area (Å²) in [6.07, 6.45) is 13.0. The van der Waals surface area contributed by atoms with Crippen molar-refractivity contribution in [1.82, 2.24) is 23.7 Å². The number of rotatable bonds is 25. The number of carbonyl (C=O) groups excluding carboxylic acids is 2. The zero-order valence-corrected chi connectivity index (χ0v) is 40.6. The van der Waals surface area contributed by atoms with E-state index < -0.39 is 23.3 Å². The molecular weight excluding hydrogens is 983 g/mol. The highest BCUT2D eigenvalue weighted by Gasteiger charge is 2.32. The van der Waals surface area contributed by atoms with Gasteiger partial charge in [-0.3, -0.25) is 27.5 Å². The van der Waals surface area contributed by atoms with Gasteiger partial charge in [-0.25, -0.2) is 9.97 Å². The fraction of sp³-hybridized carbons (Fsp3) is 0.451. The molecule has 2 aliphatic carbocycles. The van der Waals surface area contributed by atoms with Gasteiger partial charge in [0.15, 0.2) is 11.6 Å². The lowest BCUT2D eigenvalue weighted by Gasteiger charge is -2.35. The Hall–Kier alpha value is -6.49. The number of imidazole rings is 2. The molecule has 73 heavy (non-hydrogen) atoms. The molecule has 0 spiro atoms. The van der Waals surface area contributed by atoms with Crippen LogP contribution in [-0.4, -0.2) is 128 Å². The van der Waals surface area contributed by atoms with Crippen LogP contribution < -0.4 is 28.4 Å². The summed E-state index contributed by atoms with van der Waals surface area (Å²) in [6.45, 7) is -3.09. The molecule has 22 heteroatoms. The van der Waals surface area contributed by atoms with Gasteiger partial charge in [0.2, 0.25) is 0 Å². The molecule has 2 aromatic carbocycles. The SMILES string of the molecule is C.COc1cc(-c2cnc3cc(OCCCN4CC(O)C4)ccn23)cc(OC(F)F)c1C(=O)CC1CC1.COc1cc(-c2cnc3cc(OCCCOS(C)(=O)=O)ccn23)cc(OC(F)F)c1C(=O)CC1CC1. The Morgan fingerprint density at radius 3 is 1.52 bits per heavy atom. The second-order valence-electron chi connectivity index (χ2n) is 17.8. The number of pyridine rings is 2. The minimum Gasteiger partial charge on any atom is -0.496 e. The van der Waals surface area contributed by atoms with Crippen LogP contribution in [0.3, 0.4) is 0 Å². The van der Waals surface area contributed by atoms with Crippen LogP contribution in [0.25, 0.3) is 33.8 Å². The van der Waals surface area contributed by atoms with E-state index in [9.17, 15) is 40.7 Å². The molecule has 0 unspecified atom stereocenters. The second kappa shape index (κ2) is 24.0. The highest BCUT2D eigenvalue weighted by atomic mass is 32.2. The summed E-state index contributed by atoms with van der Waals surface area (Å²) in [5.74, 6) is 1.09. The molecule has 0 atom stereocenters. The first kappa shape index (κ1) is 54.3. The van der Waals surface area contributed by atoms with Crippen LogP contribution in [-0.2, 0) is 14.3 Å². The first-order valence-corrected chi connectivity index (χ1v) is 25.2. The number of benzene rings is 2. The molecule has 1 saturated heterocycles. The molecule has 1 N–H and O–H groups in total. The molecule has 3 aliphatic rings. The number of ketones is 2. The Morgan fingerprint density at radius 1 is 0.685 bits per heavy atom.